The number of ether oxygens (including phenoxy) is 2. The van der Waals surface area contributed by atoms with Crippen LogP contribution in [0.3, 0.4) is 0 Å². The molecule has 0 spiro atoms. The van der Waals surface area contributed by atoms with Gasteiger partial charge in [0.25, 0.3) is 0 Å². The van der Waals surface area contributed by atoms with Crippen molar-refractivity contribution < 1.29 is 9.47 Å². The average molecular weight is 292 g/mol. The molecule has 0 heterocycles. The van der Waals surface area contributed by atoms with Gasteiger partial charge in [0, 0.05) is 12.2 Å². The van der Waals surface area contributed by atoms with Crippen molar-refractivity contribution in [2.24, 2.45) is 11.8 Å². The Morgan fingerprint density at radius 3 is 2.81 bits per heavy atom. The van der Waals surface area contributed by atoms with Crippen molar-refractivity contribution in [2.75, 3.05) is 13.7 Å². The highest BCUT2D eigenvalue weighted by Gasteiger charge is 2.44. The summed E-state index contributed by atoms with van der Waals surface area (Å²) in [6, 6.07) is 7.99. The molecule has 1 saturated carbocycles. The normalized spacial score (nSPS) is 27.3. The average Bonchev–Trinajstić information content (AvgIpc) is 2.48. The molecule has 1 aliphatic carbocycles. The topological polar surface area (TPSA) is 56.5 Å². The molecule has 0 saturated heterocycles. The SMILES string of the molecule is CCOC1(C(NN)c2ccccc2OC)CCCC(C)C1. The van der Waals surface area contributed by atoms with E-state index in [1.165, 1.54) is 12.8 Å². The molecule has 21 heavy (non-hydrogen) atoms. The molecule has 1 fully saturated rings. The van der Waals surface area contributed by atoms with Crippen LogP contribution >= 0.6 is 0 Å². The summed E-state index contributed by atoms with van der Waals surface area (Å²) in [7, 11) is 1.70. The van der Waals surface area contributed by atoms with Crippen molar-refractivity contribution in [3.8, 4) is 5.75 Å². The molecule has 1 aromatic carbocycles. The number of methoxy groups -OCH3 is 1. The molecule has 0 radical (unpaired) electrons. The Hall–Kier alpha value is -1.10. The van der Waals surface area contributed by atoms with Gasteiger partial charge in [0.15, 0.2) is 0 Å². The van der Waals surface area contributed by atoms with Gasteiger partial charge in [0.05, 0.1) is 18.8 Å². The summed E-state index contributed by atoms with van der Waals surface area (Å²) in [5, 5.41) is 0. The molecule has 4 heteroatoms. The monoisotopic (exact) mass is 292 g/mol. The minimum absolute atomic E-state index is 0.0589. The maximum Gasteiger partial charge on any atom is 0.123 e. The number of nitrogens with two attached hydrogens (primary N) is 1. The molecular formula is C17H28N2O2. The zero-order valence-corrected chi connectivity index (χ0v) is 13.4. The molecule has 3 N–H and O–H groups in total. The largest absolute Gasteiger partial charge is 0.496 e. The Morgan fingerprint density at radius 2 is 2.19 bits per heavy atom. The van der Waals surface area contributed by atoms with E-state index >= 15 is 0 Å². The fourth-order valence-electron chi connectivity index (χ4n) is 3.74. The van der Waals surface area contributed by atoms with Crippen LogP contribution in [0.15, 0.2) is 24.3 Å². The molecule has 1 aliphatic rings. The van der Waals surface area contributed by atoms with Crippen molar-refractivity contribution in [2.45, 2.75) is 51.2 Å². The predicted molar refractivity (Wildman–Crippen MR) is 85.0 cm³/mol. The zero-order valence-electron chi connectivity index (χ0n) is 13.4. The van der Waals surface area contributed by atoms with E-state index in [9.17, 15) is 0 Å². The summed E-state index contributed by atoms with van der Waals surface area (Å²) in [5.74, 6) is 7.44. The lowest BCUT2D eigenvalue weighted by Gasteiger charge is -2.45. The third-order valence-corrected chi connectivity index (χ3v) is 4.57. The summed E-state index contributed by atoms with van der Waals surface area (Å²) in [6.45, 7) is 5.04. The standard InChI is InChI=1S/C17H28N2O2/c1-4-21-17(11-7-8-13(2)12-17)16(19-18)14-9-5-6-10-15(14)20-3/h5-6,9-10,13,16,19H,4,7-8,11-12,18H2,1-3H3. The van der Waals surface area contributed by atoms with Crippen LogP contribution in [-0.2, 0) is 4.74 Å². The summed E-state index contributed by atoms with van der Waals surface area (Å²) in [4.78, 5) is 0. The van der Waals surface area contributed by atoms with E-state index in [0.717, 1.165) is 24.2 Å². The van der Waals surface area contributed by atoms with Crippen LogP contribution in [-0.4, -0.2) is 19.3 Å². The van der Waals surface area contributed by atoms with E-state index in [0.29, 0.717) is 12.5 Å². The Labute approximate surface area is 128 Å². The lowest BCUT2D eigenvalue weighted by atomic mass is 9.72. The summed E-state index contributed by atoms with van der Waals surface area (Å²) in [6.07, 6.45) is 4.48. The molecule has 0 amide bonds. The maximum atomic E-state index is 6.25. The number of hydrogen-bond donors (Lipinski definition) is 2. The van der Waals surface area contributed by atoms with Crippen LogP contribution in [0, 0.1) is 5.92 Å². The highest BCUT2D eigenvalue weighted by atomic mass is 16.5. The highest BCUT2D eigenvalue weighted by Crippen LogP contribution is 2.45. The number of rotatable bonds is 6. The van der Waals surface area contributed by atoms with Crippen molar-refractivity contribution in [3.05, 3.63) is 29.8 Å². The van der Waals surface area contributed by atoms with Gasteiger partial charge in [-0.2, -0.15) is 0 Å². The van der Waals surface area contributed by atoms with Gasteiger partial charge in [-0.25, -0.2) is 5.43 Å². The third-order valence-electron chi connectivity index (χ3n) is 4.57. The van der Waals surface area contributed by atoms with Gasteiger partial charge < -0.3 is 9.47 Å². The van der Waals surface area contributed by atoms with E-state index in [1.807, 2.05) is 18.2 Å². The number of para-hydroxylation sites is 1. The summed E-state index contributed by atoms with van der Waals surface area (Å²) >= 11 is 0. The van der Waals surface area contributed by atoms with Crippen LogP contribution in [0.25, 0.3) is 0 Å². The second-order valence-electron chi connectivity index (χ2n) is 6.04. The lowest BCUT2D eigenvalue weighted by molar-refractivity contribution is -0.102. The van der Waals surface area contributed by atoms with E-state index in [1.54, 1.807) is 7.11 Å². The van der Waals surface area contributed by atoms with E-state index in [-0.39, 0.29) is 11.6 Å². The molecule has 2 rings (SSSR count). The molecule has 3 atom stereocenters. The first-order valence-corrected chi connectivity index (χ1v) is 7.90. The zero-order chi connectivity index (χ0) is 15.3. The van der Waals surface area contributed by atoms with Crippen LogP contribution in [0.1, 0.15) is 51.1 Å². The summed E-state index contributed by atoms with van der Waals surface area (Å²) in [5.41, 5.74) is 3.82. The van der Waals surface area contributed by atoms with Gasteiger partial charge in [0.2, 0.25) is 0 Å². The number of benzene rings is 1. The molecule has 4 nitrogen and oxygen atoms in total. The van der Waals surface area contributed by atoms with Crippen molar-refractivity contribution in [3.63, 3.8) is 0 Å². The molecule has 0 aliphatic heterocycles. The Morgan fingerprint density at radius 1 is 1.43 bits per heavy atom. The molecule has 1 aromatic rings. The van der Waals surface area contributed by atoms with Gasteiger partial charge in [-0.3, -0.25) is 5.84 Å². The first-order chi connectivity index (χ1) is 10.2. The molecule has 118 valence electrons. The van der Waals surface area contributed by atoms with Crippen LogP contribution in [0.4, 0.5) is 0 Å². The minimum Gasteiger partial charge on any atom is -0.496 e. The van der Waals surface area contributed by atoms with Crippen molar-refractivity contribution in [1.82, 2.24) is 5.43 Å². The van der Waals surface area contributed by atoms with Gasteiger partial charge in [0.1, 0.15) is 5.75 Å². The molecule has 0 bridgehead atoms. The Balaban J connectivity index is 2.39. The van der Waals surface area contributed by atoms with Crippen LogP contribution in [0.5, 0.6) is 5.75 Å². The molecular weight excluding hydrogens is 264 g/mol. The van der Waals surface area contributed by atoms with Crippen molar-refractivity contribution >= 4 is 0 Å². The van der Waals surface area contributed by atoms with E-state index in [2.05, 4.69) is 25.3 Å². The second-order valence-corrected chi connectivity index (χ2v) is 6.04. The fourth-order valence-corrected chi connectivity index (χ4v) is 3.74. The highest BCUT2D eigenvalue weighted by molar-refractivity contribution is 5.37. The predicted octanol–water partition coefficient (Wildman–Crippen LogP) is 3.19. The quantitative estimate of drug-likeness (QED) is 0.624. The van der Waals surface area contributed by atoms with Crippen LogP contribution in [0.2, 0.25) is 0 Å². The Kier molecular flexibility index (Phi) is 5.62. The minimum atomic E-state index is -0.254. The van der Waals surface area contributed by atoms with E-state index in [4.69, 9.17) is 15.3 Å². The van der Waals surface area contributed by atoms with Gasteiger partial charge >= 0.3 is 0 Å². The Bertz CT molecular complexity index is 448. The first kappa shape index (κ1) is 16.3. The van der Waals surface area contributed by atoms with Crippen molar-refractivity contribution in [1.29, 1.82) is 0 Å². The maximum absolute atomic E-state index is 6.25. The second kappa shape index (κ2) is 7.25. The van der Waals surface area contributed by atoms with E-state index < -0.39 is 0 Å². The van der Waals surface area contributed by atoms with Gasteiger partial charge in [-0.1, -0.05) is 38.0 Å². The number of nitrogens with one attached hydrogen (secondary N) is 1. The number of hydrogen-bond acceptors (Lipinski definition) is 4. The van der Waals surface area contributed by atoms with Gasteiger partial charge in [-0.15, -0.1) is 0 Å². The smallest absolute Gasteiger partial charge is 0.123 e. The van der Waals surface area contributed by atoms with Gasteiger partial charge in [-0.05, 0) is 31.7 Å². The summed E-state index contributed by atoms with van der Waals surface area (Å²) < 4.78 is 11.8. The lowest BCUT2D eigenvalue weighted by Crippen LogP contribution is -2.51. The fraction of sp³-hybridized carbons (Fsp3) is 0.647. The molecule has 0 aromatic heterocycles. The third kappa shape index (κ3) is 3.39. The number of hydrazine groups is 1. The van der Waals surface area contributed by atoms with Crippen LogP contribution < -0.4 is 16.0 Å². The molecule has 3 unspecified atom stereocenters. The first-order valence-electron chi connectivity index (χ1n) is 7.90.